The third-order valence-electron chi connectivity index (χ3n) is 2.45. The standard InChI is InChI=1S/C12H11F3N2O2/c1-17-7-9(6-16-17)11(18)8-3-2-4-10(5-8)19-12(13,14)15/h2-7,11,18H,1H3. The topological polar surface area (TPSA) is 47.3 Å². The zero-order chi connectivity index (χ0) is 14.0. The molecule has 1 atom stereocenters. The summed E-state index contributed by atoms with van der Waals surface area (Å²) in [4.78, 5) is 0. The minimum Gasteiger partial charge on any atom is -0.406 e. The molecule has 0 spiro atoms. The average molecular weight is 272 g/mol. The molecule has 19 heavy (non-hydrogen) atoms. The summed E-state index contributed by atoms with van der Waals surface area (Å²) in [5.41, 5.74) is 0.793. The van der Waals surface area contributed by atoms with Crippen LogP contribution in [0.4, 0.5) is 13.2 Å². The predicted molar refractivity (Wildman–Crippen MR) is 60.4 cm³/mol. The quantitative estimate of drug-likeness (QED) is 0.933. The van der Waals surface area contributed by atoms with Crippen molar-refractivity contribution >= 4 is 0 Å². The second-order valence-corrected chi connectivity index (χ2v) is 3.97. The molecular weight excluding hydrogens is 261 g/mol. The van der Waals surface area contributed by atoms with Crippen molar-refractivity contribution < 1.29 is 23.0 Å². The fraction of sp³-hybridized carbons (Fsp3) is 0.250. The van der Waals surface area contributed by atoms with Crippen molar-refractivity contribution in [3.8, 4) is 5.75 Å². The maximum atomic E-state index is 12.1. The maximum absolute atomic E-state index is 12.1. The largest absolute Gasteiger partial charge is 0.573 e. The lowest BCUT2D eigenvalue weighted by atomic mass is 10.0. The van der Waals surface area contributed by atoms with Gasteiger partial charge in [0.25, 0.3) is 0 Å². The van der Waals surface area contributed by atoms with Crippen LogP contribution in [-0.4, -0.2) is 21.2 Å². The van der Waals surface area contributed by atoms with Gasteiger partial charge in [-0.15, -0.1) is 13.2 Å². The van der Waals surface area contributed by atoms with Crippen molar-refractivity contribution in [1.82, 2.24) is 9.78 Å². The van der Waals surface area contributed by atoms with Gasteiger partial charge in [-0.25, -0.2) is 0 Å². The Morgan fingerprint density at radius 2 is 2.05 bits per heavy atom. The van der Waals surface area contributed by atoms with Crippen LogP contribution in [0.2, 0.25) is 0 Å². The summed E-state index contributed by atoms with van der Waals surface area (Å²) < 4.78 is 41.6. The van der Waals surface area contributed by atoms with Crippen molar-refractivity contribution in [3.63, 3.8) is 0 Å². The third-order valence-corrected chi connectivity index (χ3v) is 2.45. The van der Waals surface area contributed by atoms with Gasteiger partial charge in [0.2, 0.25) is 0 Å². The number of hydrogen-bond acceptors (Lipinski definition) is 3. The van der Waals surface area contributed by atoms with Gasteiger partial charge in [0.15, 0.2) is 0 Å². The van der Waals surface area contributed by atoms with Crippen molar-refractivity contribution in [2.75, 3.05) is 0 Å². The molecule has 1 heterocycles. The number of alkyl halides is 3. The molecule has 0 amide bonds. The Bertz CT molecular complexity index is 566. The highest BCUT2D eigenvalue weighted by Crippen LogP contribution is 2.28. The van der Waals surface area contributed by atoms with Crippen molar-refractivity contribution in [2.45, 2.75) is 12.5 Å². The Morgan fingerprint density at radius 3 is 2.63 bits per heavy atom. The number of benzene rings is 1. The van der Waals surface area contributed by atoms with E-state index in [9.17, 15) is 18.3 Å². The number of hydrogen-bond donors (Lipinski definition) is 1. The first-order chi connectivity index (χ1) is 8.85. The number of aromatic nitrogens is 2. The molecule has 0 saturated carbocycles. The zero-order valence-electron chi connectivity index (χ0n) is 9.93. The normalized spacial score (nSPS) is 13.3. The van der Waals surface area contributed by atoms with E-state index in [1.54, 1.807) is 13.2 Å². The fourth-order valence-electron chi connectivity index (χ4n) is 1.66. The van der Waals surface area contributed by atoms with E-state index < -0.39 is 12.5 Å². The summed E-state index contributed by atoms with van der Waals surface area (Å²) in [7, 11) is 1.68. The van der Waals surface area contributed by atoms with Crippen LogP contribution in [0.15, 0.2) is 36.7 Å². The number of aliphatic hydroxyl groups is 1. The van der Waals surface area contributed by atoms with Gasteiger partial charge in [0, 0.05) is 18.8 Å². The average Bonchev–Trinajstić information content (AvgIpc) is 2.73. The van der Waals surface area contributed by atoms with E-state index in [4.69, 9.17) is 0 Å². The number of ether oxygens (including phenoxy) is 1. The summed E-state index contributed by atoms with van der Waals surface area (Å²) in [6, 6.07) is 5.22. The van der Waals surface area contributed by atoms with Crippen LogP contribution < -0.4 is 4.74 Å². The predicted octanol–water partition coefficient (Wildman–Crippen LogP) is 2.40. The van der Waals surface area contributed by atoms with Gasteiger partial charge >= 0.3 is 6.36 Å². The minimum absolute atomic E-state index is 0.301. The molecule has 4 nitrogen and oxygen atoms in total. The summed E-state index contributed by atoms with van der Waals surface area (Å²) in [6.45, 7) is 0. The molecule has 7 heteroatoms. The molecular formula is C12H11F3N2O2. The third kappa shape index (κ3) is 3.47. The lowest BCUT2D eigenvalue weighted by Crippen LogP contribution is -2.17. The Kier molecular flexibility index (Phi) is 3.48. The zero-order valence-corrected chi connectivity index (χ0v) is 9.93. The van der Waals surface area contributed by atoms with Crippen LogP contribution in [0.1, 0.15) is 17.2 Å². The second kappa shape index (κ2) is 4.93. The van der Waals surface area contributed by atoms with E-state index in [0.29, 0.717) is 11.1 Å². The molecule has 0 aliphatic heterocycles. The van der Waals surface area contributed by atoms with Crippen LogP contribution in [-0.2, 0) is 7.05 Å². The van der Waals surface area contributed by atoms with Gasteiger partial charge in [-0.2, -0.15) is 5.10 Å². The van der Waals surface area contributed by atoms with Gasteiger partial charge in [0.1, 0.15) is 11.9 Å². The van der Waals surface area contributed by atoms with Crippen LogP contribution in [0.5, 0.6) is 5.75 Å². The molecule has 0 bridgehead atoms. The molecule has 1 unspecified atom stereocenters. The second-order valence-electron chi connectivity index (χ2n) is 3.97. The Hall–Kier alpha value is -2.02. The Balaban J connectivity index is 2.23. The van der Waals surface area contributed by atoms with Gasteiger partial charge < -0.3 is 9.84 Å². The van der Waals surface area contributed by atoms with Gasteiger partial charge in [0.05, 0.1) is 6.20 Å². The Morgan fingerprint density at radius 1 is 1.32 bits per heavy atom. The van der Waals surface area contributed by atoms with Gasteiger partial charge in [-0.1, -0.05) is 12.1 Å². The first-order valence-electron chi connectivity index (χ1n) is 5.37. The van der Waals surface area contributed by atoms with Gasteiger partial charge in [-0.05, 0) is 17.7 Å². The molecule has 2 rings (SSSR count). The van der Waals surface area contributed by atoms with Crippen molar-refractivity contribution in [1.29, 1.82) is 0 Å². The summed E-state index contributed by atoms with van der Waals surface area (Å²) in [5, 5.41) is 13.9. The van der Waals surface area contributed by atoms with Crippen LogP contribution in [0, 0.1) is 0 Å². The van der Waals surface area contributed by atoms with Crippen molar-refractivity contribution in [3.05, 3.63) is 47.8 Å². The van der Waals surface area contributed by atoms with Crippen molar-refractivity contribution in [2.24, 2.45) is 7.05 Å². The number of aliphatic hydroxyl groups excluding tert-OH is 1. The molecule has 102 valence electrons. The summed E-state index contributed by atoms with van der Waals surface area (Å²) >= 11 is 0. The molecule has 0 fully saturated rings. The minimum atomic E-state index is -4.75. The first-order valence-corrected chi connectivity index (χ1v) is 5.37. The lowest BCUT2D eigenvalue weighted by molar-refractivity contribution is -0.274. The monoisotopic (exact) mass is 272 g/mol. The van der Waals surface area contributed by atoms with E-state index in [0.717, 1.165) is 6.07 Å². The molecule has 0 radical (unpaired) electrons. The smallest absolute Gasteiger partial charge is 0.406 e. The SMILES string of the molecule is Cn1cc(C(O)c2cccc(OC(F)(F)F)c2)cn1. The molecule has 1 aromatic heterocycles. The fourth-order valence-corrected chi connectivity index (χ4v) is 1.66. The number of aryl methyl sites for hydroxylation is 1. The van der Waals surface area contributed by atoms with E-state index in [1.165, 1.54) is 29.1 Å². The van der Waals surface area contributed by atoms with Gasteiger partial charge in [-0.3, -0.25) is 4.68 Å². The molecule has 1 aromatic carbocycles. The maximum Gasteiger partial charge on any atom is 0.573 e. The number of halogens is 3. The van der Waals surface area contributed by atoms with Crippen LogP contribution in [0.3, 0.4) is 0 Å². The highest BCUT2D eigenvalue weighted by atomic mass is 19.4. The molecule has 0 aliphatic carbocycles. The molecule has 1 N–H and O–H groups in total. The molecule has 0 saturated heterocycles. The molecule has 0 aliphatic rings. The van der Waals surface area contributed by atoms with Crippen LogP contribution >= 0.6 is 0 Å². The van der Waals surface area contributed by atoms with Crippen LogP contribution in [0.25, 0.3) is 0 Å². The first kappa shape index (κ1) is 13.4. The summed E-state index contributed by atoms with van der Waals surface area (Å²) in [6.07, 6.45) is -2.77. The summed E-state index contributed by atoms with van der Waals surface area (Å²) in [5.74, 6) is -0.368. The molecule has 2 aromatic rings. The Labute approximate surface area is 107 Å². The highest BCUT2D eigenvalue weighted by molar-refractivity contribution is 5.34. The van der Waals surface area contributed by atoms with E-state index >= 15 is 0 Å². The highest BCUT2D eigenvalue weighted by Gasteiger charge is 2.31. The number of nitrogens with zero attached hydrogens (tertiary/aromatic N) is 2. The van der Waals surface area contributed by atoms with E-state index in [1.807, 2.05) is 0 Å². The van der Waals surface area contributed by atoms with E-state index in [2.05, 4.69) is 9.84 Å². The lowest BCUT2D eigenvalue weighted by Gasteiger charge is -2.12. The number of rotatable bonds is 3. The van der Waals surface area contributed by atoms with E-state index in [-0.39, 0.29) is 5.75 Å².